The molecular formula is C31H28N4O. The van der Waals surface area contributed by atoms with E-state index in [1.165, 1.54) is 11.3 Å². The van der Waals surface area contributed by atoms with E-state index in [0.717, 1.165) is 40.7 Å². The van der Waals surface area contributed by atoms with Crippen molar-refractivity contribution in [2.75, 3.05) is 18.0 Å². The lowest BCUT2D eigenvalue weighted by Crippen LogP contribution is -2.35. The zero-order chi connectivity index (χ0) is 24.3. The molecule has 0 N–H and O–H groups in total. The molecule has 1 aromatic heterocycles. The number of carbonyl (C=O) groups is 1. The molecule has 5 aromatic rings. The van der Waals surface area contributed by atoms with E-state index in [-0.39, 0.29) is 5.91 Å². The van der Waals surface area contributed by atoms with Gasteiger partial charge in [-0.1, -0.05) is 84.9 Å². The number of hydrogen-bond acceptors (Lipinski definition) is 3. The third-order valence-corrected chi connectivity index (χ3v) is 6.89. The van der Waals surface area contributed by atoms with E-state index in [0.29, 0.717) is 19.6 Å². The van der Waals surface area contributed by atoms with Crippen molar-refractivity contribution in [3.05, 3.63) is 132 Å². The summed E-state index contributed by atoms with van der Waals surface area (Å²) in [4.78, 5) is 22.7. The molecule has 0 saturated heterocycles. The number of fused-ring (bicyclic) bond motifs is 2. The molecule has 1 amide bonds. The Labute approximate surface area is 211 Å². The van der Waals surface area contributed by atoms with Gasteiger partial charge in [-0.3, -0.25) is 4.79 Å². The summed E-state index contributed by atoms with van der Waals surface area (Å²) in [5.74, 6) is 0.0793. The molecule has 178 valence electrons. The summed E-state index contributed by atoms with van der Waals surface area (Å²) < 4.78 is 2.13. The number of rotatable bonds is 5. The van der Waals surface area contributed by atoms with Crippen LogP contribution >= 0.6 is 0 Å². The van der Waals surface area contributed by atoms with Crippen molar-refractivity contribution < 1.29 is 4.79 Å². The Morgan fingerprint density at radius 1 is 0.778 bits per heavy atom. The summed E-state index contributed by atoms with van der Waals surface area (Å²) in [6.45, 7) is 3.50. The number of para-hydroxylation sites is 1. The van der Waals surface area contributed by atoms with Crippen molar-refractivity contribution >= 4 is 22.4 Å². The minimum atomic E-state index is 0.0793. The van der Waals surface area contributed by atoms with Gasteiger partial charge in [0.05, 0.1) is 18.6 Å². The second kappa shape index (κ2) is 9.70. The normalized spacial score (nSPS) is 13.4. The summed E-state index contributed by atoms with van der Waals surface area (Å²) in [5.41, 5.74) is 5.37. The Morgan fingerprint density at radius 3 is 2.47 bits per heavy atom. The van der Waals surface area contributed by atoms with E-state index in [2.05, 4.69) is 81.3 Å². The van der Waals surface area contributed by atoms with Gasteiger partial charge >= 0.3 is 0 Å². The van der Waals surface area contributed by atoms with Crippen LogP contribution < -0.4 is 4.90 Å². The Morgan fingerprint density at radius 2 is 1.56 bits per heavy atom. The van der Waals surface area contributed by atoms with Crippen molar-refractivity contribution in [2.45, 2.75) is 19.6 Å². The van der Waals surface area contributed by atoms with Crippen LogP contribution in [0.2, 0.25) is 0 Å². The van der Waals surface area contributed by atoms with Crippen LogP contribution in [-0.2, 0) is 19.6 Å². The van der Waals surface area contributed by atoms with Crippen molar-refractivity contribution in [1.82, 2.24) is 14.5 Å². The Kier molecular flexibility index (Phi) is 5.96. The average Bonchev–Trinajstić information content (AvgIpc) is 3.28. The SMILES string of the molecule is O=C(c1cccc2ccccc12)N1CCN(Cc2cn(Cc3ccccc3)cn2)c2ccccc2C1. The van der Waals surface area contributed by atoms with Crippen LogP contribution in [0.15, 0.2) is 110 Å². The Balaban J connectivity index is 1.23. The maximum atomic E-state index is 13.7. The van der Waals surface area contributed by atoms with Gasteiger partial charge in [-0.2, -0.15) is 0 Å². The fraction of sp³-hybridized carbons (Fsp3) is 0.161. The lowest BCUT2D eigenvalue weighted by atomic mass is 10.0. The standard InChI is InChI=1S/C31H28N4O/c36-31(29-15-8-13-25-11-4-6-14-28(25)29)35-18-17-34(30-16-7-5-12-26(30)20-35)22-27-21-33(23-32-27)19-24-9-2-1-3-10-24/h1-16,21,23H,17-20,22H2. The molecule has 5 nitrogen and oxygen atoms in total. The summed E-state index contributed by atoms with van der Waals surface area (Å²) >= 11 is 0. The number of aromatic nitrogens is 2. The molecule has 0 atom stereocenters. The lowest BCUT2D eigenvalue weighted by Gasteiger charge is -2.24. The molecule has 0 aliphatic carbocycles. The largest absolute Gasteiger partial charge is 0.364 e. The van der Waals surface area contributed by atoms with E-state index >= 15 is 0 Å². The highest BCUT2D eigenvalue weighted by molar-refractivity contribution is 6.07. The highest BCUT2D eigenvalue weighted by Crippen LogP contribution is 2.28. The fourth-order valence-corrected chi connectivity index (χ4v) is 5.08. The van der Waals surface area contributed by atoms with Gasteiger partial charge in [0.25, 0.3) is 5.91 Å². The van der Waals surface area contributed by atoms with Crippen LogP contribution in [0.3, 0.4) is 0 Å². The van der Waals surface area contributed by atoms with Gasteiger partial charge in [0, 0.05) is 43.6 Å². The summed E-state index contributed by atoms with van der Waals surface area (Å²) in [7, 11) is 0. The predicted octanol–water partition coefficient (Wildman–Crippen LogP) is 5.75. The molecule has 0 saturated carbocycles. The molecule has 0 spiro atoms. The maximum absolute atomic E-state index is 13.7. The first-order valence-corrected chi connectivity index (χ1v) is 12.4. The third kappa shape index (κ3) is 4.48. The quantitative estimate of drug-likeness (QED) is 0.327. The zero-order valence-corrected chi connectivity index (χ0v) is 20.1. The van der Waals surface area contributed by atoms with Crippen LogP contribution in [0.1, 0.15) is 27.2 Å². The first-order valence-electron chi connectivity index (χ1n) is 12.4. The van der Waals surface area contributed by atoms with Crippen LogP contribution in [0.4, 0.5) is 5.69 Å². The average molecular weight is 473 g/mol. The summed E-state index contributed by atoms with van der Waals surface area (Å²) in [5, 5.41) is 2.09. The molecular weight excluding hydrogens is 444 g/mol. The second-order valence-electron chi connectivity index (χ2n) is 9.33. The topological polar surface area (TPSA) is 41.4 Å². The molecule has 0 bridgehead atoms. The fourth-order valence-electron chi connectivity index (χ4n) is 5.08. The van der Waals surface area contributed by atoms with Gasteiger partial charge in [0.15, 0.2) is 0 Å². The molecule has 0 fully saturated rings. The third-order valence-electron chi connectivity index (χ3n) is 6.89. The second-order valence-corrected chi connectivity index (χ2v) is 9.33. The number of benzene rings is 4. The van der Waals surface area contributed by atoms with Gasteiger partial charge in [0.2, 0.25) is 0 Å². The van der Waals surface area contributed by atoms with E-state index in [4.69, 9.17) is 0 Å². The maximum Gasteiger partial charge on any atom is 0.254 e. The number of hydrogen-bond donors (Lipinski definition) is 0. The predicted molar refractivity (Wildman–Crippen MR) is 144 cm³/mol. The first kappa shape index (κ1) is 22.1. The van der Waals surface area contributed by atoms with Gasteiger partial charge < -0.3 is 14.4 Å². The first-order chi connectivity index (χ1) is 17.7. The van der Waals surface area contributed by atoms with Gasteiger partial charge in [-0.05, 0) is 34.0 Å². The minimum Gasteiger partial charge on any atom is -0.364 e. The lowest BCUT2D eigenvalue weighted by molar-refractivity contribution is 0.0753. The Hall–Kier alpha value is -4.38. The zero-order valence-electron chi connectivity index (χ0n) is 20.1. The van der Waals surface area contributed by atoms with Gasteiger partial charge in [-0.15, -0.1) is 0 Å². The molecule has 6 rings (SSSR count). The van der Waals surface area contributed by atoms with Crippen molar-refractivity contribution in [3.8, 4) is 0 Å². The molecule has 1 aliphatic heterocycles. The van der Waals surface area contributed by atoms with Crippen LogP contribution in [0, 0.1) is 0 Å². The van der Waals surface area contributed by atoms with E-state index in [1.807, 2.05) is 47.6 Å². The van der Waals surface area contributed by atoms with Crippen molar-refractivity contribution in [3.63, 3.8) is 0 Å². The van der Waals surface area contributed by atoms with Crippen molar-refractivity contribution in [2.24, 2.45) is 0 Å². The minimum absolute atomic E-state index is 0.0793. The number of carbonyl (C=O) groups excluding carboxylic acids is 1. The molecule has 2 heterocycles. The van der Waals surface area contributed by atoms with E-state index in [1.54, 1.807) is 0 Å². The number of nitrogens with zero attached hydrogens (tertiary/aromatic N) is 4. The smallest absolute Gasteiger partial charge is 0.254 e. The monoisotopic (exact) mass is 472 g/mol. The molecule has 0 radical (unpaired) electrons. The number of anilines is 1. The van der Waals surface area contributed by atoms with E-state index < -0.39 is 0 Å². The molecule has 1 aliphatic rings. The van der Waals surface area contributed by atoms with Crippen LogP contribution in [0.25, 0.3) is 10.8 Å². The molecule has 5 heteroatoms. The van der Waals surface area contributed by atoms with Crippen molar-refractivity contribution in [1.29, 1.82) is 0 Å². The summed E-state index contributed by atoms with van der Waals surface area (Å²) in [6.07, 6.45) is 4.03. The number of imidazole rings is 1. The van der Waals surface area contributed by atoms with E-state index in [9.17, 15) is 4.79 Å². The highest BCUT2D eigenvalue weighted by Gasteiger charge is 2.25. The molecule has 36 heavy (non-hydrogen) atoms. The van der Waals surface area contributed by atoms with Gasteiger partial charge in [-0.25, -0.2) is 4.98 Å². The number of amides is 1. The van der Waals surface area contributed by atoms with Crippen LogP contribution in [-0.4, -0.2) is 33.4 Å². The molecule has 0 unspecified atom stereocenters. The van der Waals surface area contributed by atoms with Gasteiger partial charge in [0.1, 0.15) is 0 Å². The molecule has 4 aromatic carbocycles. The van der Waals surface area contributed by atoms with Crippen LogP contribution in [0.5, 0.6) is 0 Å². The summed E-state index contributed by atoms with van der Waals surface area (Å²) in [6, 6.07) is 32.9. The Bertz CT molecular complexity index is 1500. The highest BCUT2D eigenvalue weighted by atomic mass is 16.2.